The molecule has 1 heterocycles. The predicted octanol–water partition coefficient (Wildman–Crippen LogP) is 5.09. The van der Waals surface area contributed by atoms with E-state index >= 15 is 0 Å². The van der Waals surface area contributed by atoms with Gasteiger partial charge in [-0.05, 0) is 60.4 Å². The predicted molar refractivity (Wildman–Crippen MR) is 110 cm³/mol. The fraction of sp³-hybridized carbons (Fsp3) is 0.174. The summed E-state index contributed by atoms with van der Waals surface area (Å²) >= 11 is 0. The fourth-order valence-electron chi connectivity index (χ4n) is 3.40. The minimum absolute atomic E-state index is 0.0338. The fourth-order valence-corrected chi connectivity index (χ4v) is 3.40. The molecule has 1 aliphatic carbocycles. The molecule has 8 heteroatoms. The highest BCUT2D eigenvalue weighted by atomic mass is 19.4. The maximum absolute atomic E-state index is 12.9. The van der Waals surface area contributed by atoms with Crippen LogP contribution in [0.1, 0.15) is 33.8 Å². The first-order valence-corrected chi connectivity index (χ1v) is 9.61. The van der Waals surface area contributed by atoms with Crippen molar-refractivity contribution >= 4 is 23.2 Å². The minimum atomic E-state index is -4.50. The van der Waals surface area contributed by atoms with Gasteiger partial charge in [0.15, 0.2) is 0 Å². The lowest BCUT2D eigenvalue weighted by atomic mass is 10.1. The third kappa shape index (κ3) is 4.91. The number of nitrogens with one attached hydrogen (secondary N) is 2. The van der Waals surface area contributed by atoms with Crippen molar-refractivity contribution in [1.82, 2.24) is 4.98 Å². The number of nitrogens with zero attached hydrogens (tertiary/aromatic N) is 1. The van der Waals surface area contributed by atoms with E-state index in [0.29, 0.717) is 5.69 Å². The number of carbonyl (C=O) groups is 2. The van der Waals surface area contributed by atoms with Crippen molar-refractivity contribution in [2.75, 3.05) is 10.6 Å². The zero-order valence-corrected chi connectivity index (χ0v) is 16.2. The van der Waals surface area contributed by atoms with Crippen LogP contribution in [0.2, 0.25) is 0 Å². The maximum Gasteiger partial charge on any atom is 0.416 e. The van der Waals surface area contributed by atoms with Crippen molar-refractivity contribution in [1.29, 1.82) is 0 Å². The Morgan fingerprint density at radius 1 is 0.935 bits per heavy atom. The van der Waals surface area contributed by atoms with Gasteiger partial charge >= 0.3 is 6.18 Å². The van der Waals surface area contributed by atoms with Gasteiger partial charge in [-0.1, -0.05) is 18.2 Å². The van der Waals surface area contributed by atoms with E-state index in [2.05, 4.69) is 15.6 Å². The molecule has 2 N–H and O–H groups in total. The van der Waals surface area contributed by atoms with Crippen LogP contribution < -0.4 is 10.6 Å². The molecule has 1 fully saturated rings. The molecule has 0 saturated heterocycles. The van der Waals surface area contributed by atoms with E-state index in [1.807, 2.05) is 12.1 Å². The van der Waals surface area contributed by atoms with Crippen LogP contribution in [0.4, 0.5) is 24.5 Å². The maximum atomic E-state index is 12.9. The molecule has 3 aromatic rings. The lowest BCUT2D eigenvalue weighted by Gasteiger charge is -2.11. The molecule has 4 rings (SSSR count). The second-order valence-corrected chi connectivity index (χ2v) is 7.34. The molecule has 2 aromatic carbocycles. The quantitative estimate of drug-likeness (QED) is 0.598. The molecular formula is C23H18F3N3O2. The summed E-state index contributed by atoms with van der Waals surface area (Å²) in [6.45, 7) is 0. The highest BCUT2D eigenvalue weighted by Crippen LogP contribution is 2.47. The number of hydrogen-bond acceptors (Lipinski definition) is 3. The van der Waals surface area contributed by atoms with Crippen molar-refractivity contribution in [3.05, 3.63) is 89.7 Å². The number of amides is 2. The van der Waals surface area contributed by atoms with Gasteiger partial charge in [0.1, 0.15) is 0 Å². The number of anilines is 2. The molecule has 1 aromatic heterocycles. The van der Waals surface area contributed by atoms with Crippen molar-refractivity contribution in [3.63, 3.8) is 0 Å². The molecule has 0 bridgehead atoms. The second kappa shape index (κ2) is 8.22. The van der Waals surface area contributed by atoms with Crippen LogP contribution in [0, 0.1) is 5.92 Å². The average Bonchev–Trinajstić information content (AvgIpc) is 3.55. The van der Waals surface area contributed by atoms with Crippen LogP contribution in [-0.4, -0.2) is 16.8 Å². The molecule has 0 radical (unpaired) electrons. The van der Waals surface area contributed by atoms with Crippen LogP contribution in [-0.2, 0) is 11.0 Å². The van der Waals surface area contributed by atoms with Gasteiger partial charge in [-0.15, -0.1) is 0 Å². The number of aromatic nitrogens is 1. The number of rotatable bonds is 5. The molecule has 0 spiro atoms. The van der Waals surface area contributed by atoms with Gasteiger partial charge in [0.05, 0.1) is 5.56 Å². The number of halogens is 3. The molecular weight excluding hydrogens is 407 g/mol. The lowest BCUT2D eigenvalue weighted by Crippen LogP contribution is -2.16. The molecule has 0 aliphatic heterocycles. The third-order valence-corrected chi connectivity index (χ3v) is 5.08. The Kier molecular flexibility index (Phi) is 5.46. The van der Waals surface area contributed by atoms with Gasteiger partial charge in [-0.3, -0.25) is 14.6 Å². The zero-order chi connectivity index (χ0) is 22.0. The van der Waals surface area contributed by atoms with E-state index < -0.39 is 17.6 Å². The van der Waals surface area contributed by atoms with E-state index in [9.17, 15) is 22.8 Å². The summed E-state index contributed by atoms with van der Waals surface area (Å²) in [4.78, 5) is 29.1. The lowest BCUT2D eigenvalue weighted by molar-refractivity contribution is -0.137. The van der Waals surface area contributed by atoms with Crippen LogP contribution >= 0.6 is 0 Å². The molecule has 1 aliphatic rings. The molecule has 31 heavy (non-hydrogen) atoms. The molecule has 1 saturated carbocycles. The summed E-state index contributed by atoms with van der Waals surface area (Å²) in [5, 5.41) is 5.26. The van der Waals surface area contributed by atoms with Crippen molar-refractivity contribution in [2.24, 2.45) is 5.92 Å². The first kappa shape index (κ1) is 20.6. The molecule has 5 nitrogen and oxygen atoms in total. The third-order valence-electron chi connectivity index (χ3n) is 5.08. The largest absolute Gasteiger partial charge is 0.416 e. The summed E-state index contributed by atoms with van der Waals surface area (Å²) < 4.78 is 38.6. The summed E-state index contributed by atoms with van der Waals surface area (Å²) in [6, 6.07) is 14.4. The monoisotopic (exact) mass is 425 g/mol. The first-order valence-electron chi connectivity index (χ1n) is 9.61. The summed E-state index contributed by atoms with van der Waals surface area (Å²) in [6.07, 6.45) is -0.345. The topological polar surface area (TPSA) is 71.1 Å². The Hall–Kier alpha value is -3.68. The number of benzene rings is 2. The van der Waals surface area contributed by atoms with Crippen LogP contribution in [0.5, 0.6) is 0 Å². The normalized spacial score (nSPS) is 17.6. The minimum Gasteiger partial charge on any atom is -0.326 e. The average molecular weight is 425 g/mol. The molecule has 0 unspecified atom stereocenters. The highest BCUT2D eigenvalue weighted by Gasteiger charge is 2.44. The standard InChI is InChI=1S/C23H18F3N3O2/c24-23(25,26)16-6-2-8-18(11-16)28-21(30)14-4-1-7-17(10-14)29-22(31)20-12-19(20)15-5-3-9-27-13-15/h1-11,13,19-20H,12H2,(H,28,30)(H,29,31)/t19-,20-/m0/s1. The van der Waals surface area contributed by atoms with Gasteiger partial charge in [0.2, 0.25) is 5.91 Å². The SMILES string of the molecule is O=C(Nc1cccc(C(F)(F)F)c1)c1cccc(NC(=O)[C@H]2C[C@H]2c2cccnc2)c1. The first-order chi connectivity index (χ1) is 14.8. The Morgan fingerprint density at radius 2 is 1.68 bits per heavy atom. The summed E-state index contributed by atoms with van der Waals surface area (Å²) in [5.41, 5.74) is 0.857. The Balaban J connectivity index is 1.40. The van der Waals surface area contributed by atoms with Crippen LogP contribution in [0.3, 0.4) is 0 Å². The van der Waals surface area contributed by atoms with Crippen molar-refractivity contribution in [3.8, 4) is 0 Å². The van der Waals surface area contributed by atoms with E-state index in [1.54, 1.807) is 24.5 Å². The highest BCUT2D eigenvalue weighted by molar-refractivity contribution is 6.05. The Bertz CT molecular complexity index is 1120. The number of hydrogen-bond donors (Lipinski definition) is 2. The van der Waals surface area contributed by atoms with E-state index in [-0.39, 0.29) is 29.0 Å². The number of alkyl halides is 3. The number of carbonyl (C=O) groups excluding carboxylic acids is 2. The summed E-state index contributed by atoms with van der Waals surface area (Å²) in [7, 11) is 0. The van der Waals surface area contributed by atoms with Gasteiger partial charge in [0, 0.05) is 35.2 Å². The Labute approximate surface area is 176 Å². The molecule has 2 amide bonds. The second-order valence-electron chi connectivity index (χ2n) is 7.34. The van der Waals surface area contributed by atoms with Gasteiger partial charge in [-0.25, -0.2) is 0 Å². The van der Waals surface area contributed by atoms with Crippen molar-refractivity contribution < 1.29 is 22.8 Å². The van der Waals surface area contributed by atoms with Crippen LogP contribution in [0.25, 0.3) is 0 Å². The smallest absolute Gasteiger partial charge is 0.326 e. The van der Waals surface area contributed by atoms with Gasteiger partial charge in [0.25, 0.3) is 5.91 Å². The van der Waals surface area contributed by atoms with E-state index in [0.717, 1.165) is 24.1 Å². The van der Waals surface area contributed by atoms with E-state index in [4.69, 9.17) is 0 Å². The summed E-state index contributed by atoms with van der Waals surface area (Å²) in [5.74, 6) is -0.757. The van der Waals surface area contributed by atoms with Crippen LogP contribution in [0.15, 0.2) is 73.1 Å². The van der Waals surface area contributed by atoms with Gasteiger partial charge < -0.3 is 10.6 Å². The molecule has 2 atom stereocenters. The van der Waals surface area contributed by atoms with Gasteiger partial charge in [-0.2, -0.15) is 13.2 Å². The van der Waals surface area contributed by atoms with E-state index in [1.165, 1.54) is 24.3 Å². The zero-order valence-electron chi connectivity index (χ0n) is 16.2. The van der Waals surface area contributed by atoms with Crippen molar-refractivity contribution in [2.45, 2.75) is 18.5 Å². The Morgan fingerprint density at radius 3 is 2.39 bits per heavy atom. The molecule has 158 valence electrons. The number of pyridine rings is 1.